The highest BCUT2D eigenvalue weighted by molar-refractivity contribution is 7.99. The Balaban J connectivity index is 2.29. The first-order chi connectivity index (χ1) is 9.47. The van der Waals surface area contributed by atoms with Crippen LogP contribution in [0.3, 0.4) is 0 Å². The summed E-state index contributed by atoms with van der Waals surface area (Å²) in [4.78, 5) is 22.6. The van der Waals surface area contributed by atoms with Gasteiger partial charge in [-0.25, -0.2) is 4.79 Å². The Morgan fingerprint density at radius 1 is 1.30 bits per heavy atom. The fourth-order valence-corrected chi connectivity index (χ4v) is 3.57. The third kappa shape index (κ3) is 7.62. The number of carboxylic acid groups (broad SMARTS) is 1. The molecule has 1 rings (SSSR count). The van der Waals surface area contributed by atoms with Gasteiger partial charge in [-0.2, -0.15) is 11.8 Å². The number of carbonyl (C=O) groups excluding carboxylic acids is 1. The van der Waals surface area contributed by atoms with Crippen molar-refractivity contribution >= 4 is 23.8 Å². The molecule has 1 unspecified atom stereocenters. The average molecular weight is 302 g/mol. The topological polar surface area (TPSA) is 78.4 Å². The highest BCUT2D eigenvalue weighted by atomic mass is 32.2. The number of rotatable bonds is 7. The predicted octanol–water partition coefficient (Wildman–Crippen LogP) is 2.32. The smallest absolute Gasteiger partial charge is 0.315 e. The fraction of sp³-hybridized carbons (Fsp3) is 0.857. The fourth-order valence-electron chi connectivity index (χ4n) is 2.47. The second-order valence-corrected chi connectivity index (χ2v) is 7.06. The second-order valence-electron chi connectivity index (χ2n) is 5.83. The highest BCUT2D eigenvalue weighted by Crippen LogP contribution is 2.17. The summed E-state index contributed by atoms with van der Waals surface area (Å²) in [5, 5.41) is 14.7. The van der Waals surface area contributed by atoms with Crippen LogP contribution in [0.4, 0.5) is 4.79 Å². The first-order valence-corrected chi connectivity index (χ1v) is 8.46. The van der Waals surface area contributed by atoms with Crippen LogP contribution in [0.25, 0.3) is 0 Å². The van der Waals surface area contributed by atoms with Gasteiger partial charge in [0, 0.05) is 19.0 Å². The van der Waals surface area contributed by atoms with E-state index in [-0.39, 0.29) is 24.4 Å². The molecule has 0 aromatic rings. The Kier molecular flexibility index (Phi) is 7.80. The van der Waals surface area contributed by atoms with Gasteiger partial charge in [-0.05, 0) is 42.6 Å². The van der Waals surface area contributed by atoms with Gasteiger partial charge in [-0.15, -0.1) is 0 Å². The Morgan fingerprint density at radius 2 is 1.95 bits per heavy atom. The molecule has 6 heteroatoms. The maximum atomic E-state index is 11.8. The molecule has 5 nitrogen and oxygen atoms in total. The maximum absolute atomic E-state index is 11.8. The summed E-state index contributed by atoms with van der Waals surface area (Å²) in [5.41, 5.74) is 0. The van der Waals surface area contributed by atoms with E-state index in [2.05, 4.69) is 24.5 Å². The lowest BCUT2D eigenvalue weighted by Crippen LogP contribution is -2.45. The summed E-state index contributed by atoms with van der Waals surface area (Å²) in [5.74, 6) is 1.82. The summed E-state index contributed by atoms with van der Waals surface area (Å²) in [6.45, 7) is 4.56. The number of aliphatic carboxylic acids is 1. The SMILES string of the molecule is CC(C)CC(CNC(=O)NC1CCSCC1)CC(=O)O. The molecular weight excluding hydrogens is 276 g/mol. The summed E-state index contributed by atoms with van der Waals surface area (Å²) in [6.07, 6.45) is 2.95. The third-order valence-corrected chi connectivity index (χ3v) is 4.42. The zero-order valence-electron chi connectivity index (χ0n) is 12.4. The molecule has 1 atom stereocenters. The zero-order valence-corrected chi connectivity index (χ0v) is 13.2. The molecule has 0 aromatic carbocycles. The molecule has 0 bridgehead atoms. The van der Waals surface area contributed by atoms with E-state index in [1.165, 1.54) is 0 Å². The van der Waals surface area contributed by atoms with E-state index in [9.17, 15) is 9.59 Å². The summed E-state index contributed by atoms with van der Waals surface area (Å²) in [6, 6.07) is 0.0975. The Morgan fingerprint density at radius 3 is 2.50 bits per heavy atom. The number of hydrogen-bond acceptors (Lipinski definition) is 3. The van der Waals surface area contributed by atoms with Crippen LogP contribution in [-0.4, -0.2) is 41.2 Å². The van der Waals surface area contributed by atoms with Gasteiger partial charge < -0.3 is 15.7 Å². The van der Waals surface area contributed by atoms with E-state index in [0.717, 1.165) is 30.8 Å². The van der Waals surface area contributed by atoms with Crippen LogP contribution in [0.1, 0.15) is 39.5 Å². The van der Waals surface area contributed by atoms with Crippen molar-refractivity contribution in [2.45, 2.75) is 45.6 Å². The molecule has 2 amide bonds. The van der Waals surface area contributed by atoms with Gasteiger partial charge in [-0.3, -0.25) is 4.79 Å². The molecule has 0 aromatic heterocycles. The molecule has 0 radical (unpaired) electrons. The minimum atomic E-state index is -0.804. The number of hydrogen-bond donors (Lipinski definition) is 3. The van der Waals surface area contributed by atoms with Crippen molar-refractivity contribution in [3.63, 3.8) is 0 Å². The normalized spacial score (nSPS) is 17.8. The van der Waals surface area contributed by atoms with Gasteiger partial charge >= 0.3 is 12.0 Å². The molecule has 0 aliphatic carbocycles. The number of amides is 2. The lowest BCUT2D eigenvalue weighted by molar-refractivity contribution is -0.138. The van der Waals surface area contributed by atoms with Crippen molar-refractivity contribution in [2.75, 3.05) is 18.1 Å². The first-order valence-electron chi connectivity index (χ1n) is 7.31. The molecule has 1 aliphatic heterocycles. The Bertz CT molecular complexity index is 318. The van der Waals surface area contributed by atoms with Gasteiger partial charge in [-0.1, -0.05) is 13.8 Å². The first kappa shape index (κ1) is 17.1. The van der Waals surface area contributed by atoms with Crippen molar-refractivity contribution in [2.24, 2.45) is 11.8 Å². The van der Waals surface area contributed by atoms with Crippen molar-refractivity contribution in [1.82, 2.24) is 10.6 Å². The lowest BCUT2D eigenvalue weighted by atomic mass is 9.94. The predicted molar refractivity (Wildman–Crippen MR) is 82.1 cm³/mol. The van der Waals surface area contributed by atoms with Crippen LogP contribution in [0.5, 0.6) is 0 Å². The third-order valence-electron chi connectivity index (χ3n) is 3.38. The minimum Gasteiger partial charge on any atom is -0.481 e. The lowest BCUT2D eigenvalue weighted by Gasteiger charge is -2.24. The van der Waals surface area contributed by atoms with Gasteiger partial charge in [0.1, 0.15) is 0 Å². The zero-order chi connectivity index (χ0) is 15.0. The monoisotopic (exact) mass is 302 g/mol. The molecule has 0 saturated carbocycles. The van der Waals surface area contributed by atoms with Crippen molar-refractivity contribution in [1.29, 1.82) is 0 Å². The van der Waals surface area contributed by atoms with Gasteiger partial charge in [0.15, 0.2) is 0 Å². The van der Waals surface area contributed by atoms with Gasteiger partial charge in [0.25, 0.3) is 0 Å². The molecule has 1 aliphatic rings. The van der Waals surface area contributed by atoms with Crippen LogP contribution in [-0.2, 0) is 4.79 Å². The minimum absolute atomic E-state index is 0.000149. The number of nitrogens with one attached hydrogen (secondary N) is 2. The maximum Gasteiger partial charge on any atom is 0.315 e. The Labute approximate surface area is 125 Å². The van der Waals surface area contributed by atoms with Crippen LogP contribution < -0.4 is 10.6 Å². The molecule has 20 heavy (non-hydrogen) atoms. The molecule has 3 N–H and O–H groups in total. The van der Waals surface area contributed by atoms with E-state index in [1.807, 2.05) is 11.8 Å². The number of thioether (sulfide) groups is 1. The van der Waals surface area contributed by atoms with Gasteiger partial charge in [0.2, 0.25) is 0 Å². The van der Waals surface area contributed by atoms with Crippen molar-refractivity contribution in [3.8, 4) is 0 Å². The highest BCUT2D eigenvalue weighted by Gasteiger charge is 2.18. The second kappa shape index (κ2) is 9.10. The molecular formula is C14H26N2O3S. The van der Waals surface area contributed by atoms with Crippen LogP contribution in [0.2, 0.25) is 0 Å². The number of carbonyl (C=O) groups is 2. The molecule has 116 valence electrons. The summed E-state index contributed by atoms with van der Waals surface area (Å²) >= 11 is 1.92. The number of carboxylic acids is 1. The van der Waals surface area contributed by atoms with Crippen LogP contribution in [0.15, 0.2) is 0 Å². The van der Waals surface area contributed by atoms with Gasteiger partial charge in [0.05, 0.1) is 0 Å². The van der Waals surface area contributed by atoms with Crippen LogP contribution in [0, 0.1) is 11.8 Å². The molecule has 1 fully saturated rings. The molecule has 1 saturated heterocycles. The van der Waals surface area contributed by atoms with E-state index in [0.29, 0.717) is 12.5 Å². The van der Waals surface area contributed by atoms with E-state index in [4.69, 9.17) is 5.11 Å². The standard InChI is InChI=1S/C14H26N2O3S/c1-10(2)7-11(8-13(17)18)9-15-14(19)16-12-3-5-20-6-4-12/h10-12H,3-9H2,1-2H3,(H,17,18)(H2,15,16,19). The van der Waals surface area contributed by atoms with Crippen molar-refractivity contribution in [3.05, 3.63) is 0 Å². The summed E-state index contributed by atoms with van der Waals surface area (Å²) < 4.78 is 0. The summed E-state index contributed by atoms with van der Waals surface area (Å²) in [7, 11) is 0. The molecule has 1 heterocycles. The van der Waals surface area contributed by atoms with Crippen LogP contribution >= 0.6 is 11.8 Å². The molecule has 0 spiro atoms. The van der Waals surface area contributed by atoms with Crippen molar-refractivity contribution < 1.29 is 14.7 Å². The van der Waals surface area contributed by atoms with E-state index >= 15 is 0 Å². The number of urea groups is 1. The van der Waals surface area contributed by atoms with E-state index < -0.39 is 5.97 Å². The largest absolute Gasteiger partial charge is 0.481 e. The average Bonchev–Trinajstić information content (AvgIpc) is 2.36. The quantitative estimate of drug-likeness (QED) is 0.674. The van der Waals surface area contributed by atoms with E-state index in [1.54, 1.807) is 0 Å². The Hall–Kier alpha value is -0.910.